The maximum absolute atomic E-state index is 5.74. The van der Waals surface area contributed by atoms with E-state index < -0.39 is 0 Å². The molecule has 0 aliphatic carbocycles. The Morgan fingerprint density at radius 2 is 2.36 bits per heavy atom. The van der Waals surface area contributed by atoms with Crippen LogP contribution in [0.2, 0.25) is 0 Å². The number of anilines is 1. The van der Waals surface area contributed by atoms with E-state index in [1.165, 1.54) is 0 Å². The van der Waals surface area contributed by atoms with Gasteiger partial charge >= 0.3 is 0 Å². The number of nitrogen functional groups attached to an aromatic ring is 1. The van der Waals surface area contributed by atoms with E-state index in [1.807, 2.05) is 19.2 Å². The summed E-state index contributed by atoms with van der Waals surface area (Å²) in [6.45, 7) is 0.790. The minimum Gasteiger partial charge on any atom is -0.481 e. The maximum Gasteiger partial charge on any atom is 0.213 e. The molecule has 0 aliphatic heterocycles. The standard InChI is InChI=1S/C10H15N3O/c1-12-7-3-4-9-8(11)5-6-10(13-9)14-2/h3-6,12H,7,11H2,1-2H3. The lowest BCUT2D eigenvalue weighted by Gasteiger charge is -2.02. The van der Waals surface area contributed by atoms with E-state index in [2.05, 4.69) is 10.3 Å². The van der Waals surface area contributed by atoms with Gasteiger partial charge in [0.1, 0.15) is 0 Å². The molecule has 0 saturated carbocycles. The number of hydrogen-bond acceptors (Lipinski definition) is 4. The Morgan fingerprint density at radius 1 is 1.57 bits per heavy atom. The summed E-state index contributed by atoms with van der Waals surface area (Å²) >= 11 is 0. The number of likely N-dealkylation sites (N-methyl/N-ethyl adjacent to an activating group) is 1. The number of ether oxygens (including phenoxy) is 1. The van der Waals surface area contributed by atoms with Crippen LogP contribution in [0.25, 0.3) is 6.08 Å². The van der Waals surface area contributed by atoms with Crippen LogP contribution >= 0.6 is 0 Å². The molecule has 0 atom stereocenters. The number of aromatic nitrogens is 1. The van der Waals surface area contributed by atoms with Crippen molar-refractivity contribution in [2.45, 2.75) is 0 Å². The van der Waals surface area contributed by atoms with Crippen molar-refractivity contribution in [1.29, 1.82) is 0 Å². The summed E-state index contributed by atoms with van der Waals surface area (Å²) in [6.07, 6.45) is 3.83. The molecule has 0 unspecified atom stereocenters. The van der Waals surface area contributed by atoms with Crippen molar-refractivity contribution in [2.75, 3.05) is 26.4 Å². The Labute approximate surface area is 83.8 Å². The highest BCUT2D eigenvalue weighted by Gasteiger charge is 1.98. The quantitative estimate of drug-likeness (QED) is 0.746. The van der Waals surface area contributed by atoms with Gasteiger partial charge in [-0.15, -0.1) is 0 Å². The summed E-state index contributed by atoms with van der Waals surface area (Å²) in [5, 5.41) is 3.00. The third-order valence-corrected chi connectivity index (χ3v) is 1.74. The Bertz CT molecular complexity index is 323. The summed E-state index contributed by atoms with van der Waals surface area (Å²) in [4.78, 5) is 4.20. The van der Waals surface area contributed by atoms with E-state index in [0.29, 0.717) is 11.6 Å². The molecular formula is C10H15N3O. The maximum atomic E-state index is 5.74. The topological polar surface area (TPSA) is 60.2 Å². The fourth-order valence-corrected chi connectivity index (χ4v) is 1.00. The number of nitrogens with two attached hydrogens (primary N) is 1. The number of hydrogen-bond donors (Lipinski definition) is 2. The van der Waals surface area contributed by atoms with Crippen LogP contribution in [0, 0.1) is 0 Å². The number of rotatable bonds is 4. The van der Waals surface area contributed by atoms with E-state index in [1.54, 1.807) is 19.2 Å². The van der Waals surface area contributed by atoms with Gasteiger partial charge in [-0.3, -0.25) is 0 Å². The fourth-order valence-electron chi connectivity index (χ4n) is 1.00. The van der Waals surface area contributed by atoms with Gasteiger partial charge in [0.15, 0.2) is 0 Å². The van der Waals surface area contributed by atoms with Crippen LogP contribution in [-0.4, -0.2) is 25.7 Å². The van der Waals surface area contributed by atoms with E-state index in [4.69, 9.17) is 10.5 Å². The predicted octanol–water partition coefficient (Wildman–Crippen LogP) is 0.905. The first kappa shape index (κ1) is 10.5. The number of methoxy groups -OCH3 is 1. The van der Waals surface area contributed by atoms with Crippen LogP contribution in [0.5, 0.6) is 5.88 Å². The van der Waals surface area contributed by atoms with Crippen molar-refractivity contribution < 1.29 is 4.74 Å². The highest BCUT2D eigenvalue weighted by atomic mass is 16.5. The lowest BCUT2D eigenvalue weighted by molar-refractivity contribution is 0.398. The lowest BCUT2D eigenvalue weighted by atomic mass is 10.3. The van der Waals surface area contributed by atoms with Gasteiger partial charge in [-0.05, 0) is 19.2 Å². The van der Waals surface area contributed by atoms with E-state index in [9.17, 15) is 0 Å². The van der Waals surface area contributed by atoms with E-state index >= 15 is 0 Å². The first-order chi connectivity index (χ1) is 6.77. The highest BCUT2D eigenvalue weighted by molar-refractivity contribution is 5.61. The van der Waals surface area contributed by atoms with Crippen molar-refractivity contribution in [3.05, 3.63) is 23.9 Å². The molecule has 0 saturated heterocycles. The molecule has 4 nitrogen and oxygen atoms in total. The lowest BCUT2D eigenvalue weighted by Crippen LogP contribution is -2.04. The SMILES string of the molecule is CNCC=Cc1nc(OC)ccc1N. The first-order valence-corrected chi connectivity index (χ1v) is 4.39. The molecule has 14 heavy (non-hydrogen) atoms. The zero-order valence-corrected chi connectivity index (χ0v) is 8.45. The van der Waals surface area contributed by atoms with Crippen LogP contribution in [0.1, 0.15) is 5.69 Å². The Kier molecular flexibility index (Phi) is 3.94. The van der Waals surface area contributed by atoms with Gasteiger partial charge in [0.25, 0.3) is 0 Å². The van der Waals surface area contributed by atoms with Gasteiger partial charge in [0.05, 0.1) is 18.5 Å². The number of pyridine rings is 1. The number of nitrogens with zero attached hydrogens (tertiary/aromatic N) is 1. The Balaban J connectivity index is 2.83. The normalized spacial score (nSPS) is 10.7. The molecule has 0 spiro atoms. The average Bonchev–Trinajstić information content (AvgIpc) is 2.21. The van der Waals surface area contributed by atoms with Crippen LogP contribution in [0.4, 0.5) is 5.69 Å². The molecule has 76 valence electrons. The van der Waals surface area contributed by atoms with Crippen molar-refractivity contribution in [1.82, 2.24) is 10.3 Å². The summed E-state index contributed by atoms with van der Waals surface area (Å²) in [5.41, 5.74) is 7.12. The summed E-state index contributed by atoms with van der Waals surface area (Å²) in [5.74, 6) is 0.573. The molecule has 3 N–H and O–H groups in total. The molecule has 1 aromatic rings. The molecule has 0 radical (unpaired) electrons. The summed E-state index contributed by atoms with van der Waals surface area (Å²) in [7, 11) is 3.46. The van der Waals surface area contributed by atoms with E-state index in [-0.39, 0.29) is 0 Å². The predicted molar refractivity (Wildman–Crippen MR) is 58.2 cm³/mol. The van der Waals surface area contributed by atoms with Gasteiger partial charge in [0.2, 0.25) is 5.88 Å². The first-order valence-electron chi connectivity index (χ1n) is 4.39. The summed E-state index contributed by atoms with van der Waals surface area (Å²) < 4.78 is 5.00. The molecule has 1 aromatic heterocycles. The van der Waals surface area contributed by atoms with Crippen molar-refractivity contribution in [2.24, 2.45) is 0 Å². The Morgan fingerprint density at radius 3 is 3.00 bits per heavy atom. The molecular weight excluding hydrogens is 178 g/mol. The highest BCUT2D eigenvalue weighted by Crippen LogP contribution is 2.15. The van der Waals surface area contributed by atoms with Crippen molar-refractivity contribution >= 4 is 11.8 Å². The fraction of sp³-hybridized carbons (Fsp3) is 0.300. The second kappa shape index (κ2) is 5.24. The molecule has 1 rings (SSSR count). The van der Waals surface area contributed by atoms with Gasteiger partial charge in [-0.2, -0.15) is 0 Å². The molecule has 4 heteroatoms. The van der Waals surface area contributed by atoms with Gasteiger partial charge < -0.3 is 15.8 Å². The summed E-state index contributed by atoms with van der Waals surface area (Å²) in [6, 6.07) is 3.52. The van der Waals surface area contributed by atoms with Crippen LogP contribution in [-0.2, 0) is 0 Å². The second-order valence-corrected chi connectivity index (χ2v) is 2.79. The minimum atomic E-state index is 0.573. The zero-order chi connectivity index (χ0) is 10.4. The Hall–Kier alpha value is -1.55. The van der Waals surface area contributed by atoms with Gasteiger partial charge in [0, 0.05) is 12.6 Å². The molecule has 0 bridgehead atoms. The van der Waals surface area contributed by atoms with Crippen molar-refractivity contribution in [3.63, 3.8) is 0 Å². The third-order valence-electron chi connectivity index (χ3n) is 1.74. The number of nitrogens with one attached hydrogen (secondary N) is 1. The van der Waals surface area contributed by atoms with Crippen LogP contribution < -0.4 is 15.8 Å². The van der Waals surface area contributed by atoms with Gasteiger partial charge in [-0.1, -0.05) is 6.08 Å². The third kappa shape index (κ3) is 2.74. The van der Waals surface area contributed by atoms with Crippen LogP contribution in [0.3, 0.4) is 0 Å². The average molecular weight is 193 g/mol. The molecule has 0 aromatic carbocycles. The molecule has 0 fully saturated rings. The monoisotopic (exact) mass is 193 g/mol. The molecule has 0 amide bonds. The smallest absolute Gasteiger partial charge is 0.213 e. The largest absolute Gasteiger partial charge is 0.481 e. The van der Waals surface area contributed by atoms with Crippen LogP contribution in [0.15, 0.2) is 18.2 Å². The minimum absolute atomic E-state index is 0.573. The molecule has 1 heterocycles. The van der Waals surface area contributed by atoms with Crippen molar-refractivity contribution in [3.8, 4) is 5.88 Å². The zero-order valence-electron chi connectivity index (χ0n) is 8.45. The second-order valence-electron chi connectivity index (χ2n) is 2.79. The molecule has 0 aliphatic rings. The van der Waals surface area contributed by atoms with Gasteiger partial charge in [-0.25, -0.2) is 4.98 Å². The van der Waals surface area contributed by atoms with E-state index in [0.717, 1.165) is 12.2 Å².